The van der Waals surface area contributed by atoms with Crippen molar-refractivity contribution in [2.45, 2.75) is 62.5 Å². The number of amides is 1. The molecule has 0 radical (unpaired) electrons. The topological polar surface area (TPSA) is 152 Å². The van der Waals surface area contributed by atoms with E-state index >= 15 is 0 Å². The van der Waals surface area contributed by atoms with Crippen molar-refractivity contribution in [1.82, 2.24) is 15.2 Å². The van der Waals surface area contributed by atoms with Crippen LogP contribution in [-0.4, -0.2) is 75.5 Å². The zero-order valence-corrected chi connectivity index (χ0v) is 24.9. The standard InChI is InChI=1S/C30H42N4O7S/c1-19(2)12-13-34(33-42(37,38)23-10-8-22(31)9-11-23)16-27(35)26(14-20-6-4-3-5-7-20)32-30(36)41-28-21-15-24-25(28)18-40-29(24)39-17-21/h3-11,19,21,24-29,33,35H,12-18,31H2,1-2H3,(H,32,36)/t21?,24?,25?,26-,27+,28?,29?/m0/s1. The van der Waals surface area contributed by atoms with Crippen molar-refractivity contribution in [2.75, 3.05) is 32.0 Å². The van der Waals surface area contributed by atoms with Gasteiger partial charge in [-0.1, -0.05) is 44.2 Å². The summed E-state index contributed by atoms with van der Waals surface area (Å²) in [6.07, 6.45) is -0.351. The normalized spacial score (nSPS) is 26.4. The number of ether oxygens (including phenoxy) is 3. The van der Waals surface area contributed by atoms with E-state index in [4.69, 9.17) is 19.9 Å². The van der Waals surface area contributed by atoms with Crippen LogP contribution in [0.5, 0.6) is 0 Å². The average molecular weight is 603 g/mol. The van der Waals surface area contributed by atoms with Crippen molar-refractivity contribution >= 4 is 21.8 Å². The van der Waals surface area contributed by atoms with Gasteiger partial charge in [-0.15, -0.1) is 4.83 Å². The lowest BCUT2D eigenvalue weighted by atomic mass is 9.98. The maximum absolute atomic E-state index is 13.2. The number of carbonyl (C=O) groups excluding carboxylic acids is 1. The number of nitrogens with two attached hydrogens (primary N) is 1. The third kappa shape index (κ3) is 7.42. The number of rotatable bonds is 13. The van der Waals surface area contributed by atoms with Gasteiger partial charge in [-0.25, -0.2) is 18.2 Å². The van der Waals surface area contributed by atoms with Crippen molar-refractivity contribution < 1.29 is 32.5 Å². The Balaban J connectivity index is 1.29. The maximum Gasteiger partial charge on any atom is 0.407 e. The highest BCUT2D eigenvalue weighted by molar-refractivity contribution is 7.89. The second-order valence-electron chi connectivity index (χ2n) is 12.0. The number of aliphatic hydroxyl groups excluding tert-OH is 1. The van der Waals surface area contributed by atoms with Gasteiger partial charge in [0, 0.05) is 36.5 Å². The molecule has 3 fully saturated rings. The Morgan fingerprint density at radius 2 is 1.81 bits per heavy atom. The van der Waals surface area contributed by atoms with Crippen LogP contribution in [0.2, 0.25) is 0 Å². The summed E-state index contributed by atoms with van der Waals surface area (Å²) in [4.78, 5) is 15.9. The summed E-state index contributed by atoms with van der Waals surface area (Å²) in [6, 6.07) is 14.7. The fourth-order valence-electron chi connectivity index (χ4n) is 6.12. The summed E-state index contributed by atoms with van der Waals surface area (Å²) in [5.74, 6) is 0.751. The molecule has 1 amide bonds. The molecule has 0 aromatic heterocycles. The lowest BCUT2D eigenvalue weighted by Crippen LogP contribution is -2.54. The van der Waals surface area contributed by atoms with E-state index in [2.05, 4.69) is 10.1 Å². The zero-order chi connectivity index (χ0) is 29.9. The second kappa shape index (κ2) is 13.3. The van der Waals surface area contributed by atoms with Gasteiger partial charge >= 0.3 is 6.09 Å². The molecule has 5 unspecified atom stereocenters. The van der Waals surface area contributed by atoms with E-state index in [1.807, 2.05) is 44.2 Å². The molecule has 2 aromatic carbocycles. The van der Waals surface area contributed by atoms with Gasteiger partial charge in [0.05, 0.1) is 30.3 Å². The van der Waals surface area contributed by atoms with Crippen LogP contribution in [0, 0.1) is 23.7 Å². The number of fused-ring (bicyclic) bond motifs is 1. The van der Waals surface area contributed by atoms with E-state index in [0.717, 1.165) is 12.0 Å². The predicted molar refractivity (Wildman–Crippen MR) is 156 cm³/mol. The number of nitrogens with zero attached hydrogens (tertiary/aromatic N) is 1. The molecule has 1 saturated carbocycles. The number of nitrogen functional groups attached to an aromatic ring is 1. The molecule has 7 atom stereocenters. The number of benzene rings is 2. The van der Waals surface area contributed by atoms with Crippen LogP contribution in [0.25, 0.3) is 0 Å². The molecule has 5 N–H and O–H groups in total. The first-order chi connectivity index (χ1) is 20.1. The highest BCUT2D eigenvalue weighted by Gasteiger charge is 2.56. The third-order valence-corrected chi connectivity index (χ3v) is 9.81. The summed E-state index contributed by atoms with van der Waals surface area (Å²) in [6.45, 7) is 5.38. The molecule has 2 saturated heterocycles. The van der Waals surface area contributed by atoms with Crippen LogP contribution in [0.1, 0.15) is 32.3 Å². The molecule has 2 heterocycles. The second-order valence-corrected chi connectivity index (χ2v) is 13.7. The van der Waals surface area contributed by atoms with Gasteiger partial charge in [0.15, 0.2) is 6.29 Å². The van der Waals surface area contributed by atoms with Gasteiger partial charge in [0.1, 0.15) is 6.10 Å². The van der Waals surface area contributed by atoms with E-state index in [1.165, 1.54) is 29.3 Å². The Morgan fingerprint density at radius 1 is 1.10 bits per heavy atom. The first kappa shape index (κ1) is 30.7. The molecular formula is C30H42N4O7S. The number of alkyl carbamates (subject to hydrolysis) is 1. The van der Waals surface area contributed by atoms with Crippen molar-refractivity contribution in [1.29, 1.82) is 0 Å². The van der Waals surface area contributed by atoms with Gasteiger partial charge in [0.25, 0.3) is 10.0 Å². The van der Waals surface area contributed by atoms with Crippen molar-refractivity contribution in [3.63, 3.8) is 0 Å². The Kier molecular flexibility index (Phi) is 9.70. The molecule has 2 bridgehead atoms. The molecule has 5 rings (SSSR count). The molecule has 2 aliphatic heterocycles. The Labute approximate surface area is 247 Å². The van der Waals surface area contributed by atoms with Gasteiger partial charge in [-0.2, -0.15) is 0 Å². The van der Waals surface area contributed by atoms with Gasteiger partial charge < -0.3 is 30.4 Å². The van der Waals surface area contributed by atoms with E-state index < -0.39 is 28.3 Å². The Morgan fingerprint density at radius 3 is 2.52 bits per heavy atom. The molecule has 230 valence electrons. The molecular weight excluding hydrogens is 560 g/mol. The minimum Gasteiger partial charge on any atom is -0.445 e. The Bertz CT molecular complexity index is 1290. The third-order valence-electron chi connectivity index (χ3n) is 8.42. The maximum atomic E-state index is 13.2. The lowest BCUT2D eigenvalue weighted by Gasteiger charge is -2.31. The molecule has 11 nitrogen and oxygen atoms in total. The van der Waals surface area contributed by atoms with Crippen LogP contribution in [-0.2, 0) is 30.7 Å². The number of nitrogens with one attached hydrogen (secondary N) is 2. The molecule has 3 aliphatic rings. The summed E-state index contributed by atoms with van der Waals surface area (Å²) < 4.78 is 43.8. The van der Waals surface area contributed by atoms with Gasteiger partial charge in [-0.3, -0.25) is 0 Å². The van der Waals surface area contributed by atoms with Crippen molar-refractivity contribution in [3.05, 3.63) is 60.2 Å². The van der Waals surface area contributed by atoms with Crippen molar-refractivity contribution in [2.24, 2.45) is 23.7 Å². The summed E-state index contributed by atoms with van der Waals surface area (Å²) in [7, 11) is -3.93. The SMILES string of the molecule is CC(C)CCN(C[C@@H](O)[C@H](Cc1ccccc1)NC(=O)OC1C2COC3OCC1C3C2)NS(=O)(=O)c1ccc(N)cc1. The number of carbonyl (C=O) groups is 1. The van der Waals surface area contributed by atoms with E-state index in [1.54, 1.807) is 0 Å². The first-order valence-electron chi connectivity index (χ1n) is 14.6. The number of hydrazine groups is 1. The predicted octanol–water partition coefficient (Wildman–Crippen LogP) is 2.52. The zero-order valence-electron chi connectivity index (χ0n) is 24.1. The summed E-state index contributed by atoms with van der Waals surface area (Å²) >= 11 is 0. The summed E-state index contributed by atoms with van der Waals surface area (Å²) in [5.41, 5.74) is 7.10. The van der Waals surface area contributed by atoms with Crippen molar-refractivity contribution in [3.8, 4) is 0 Å². The average Bonchev–Trinajstić information content (AvgIpc) is 3.48. The number of hydrogen-bond acceptors (Lipinski definition) is 9. The highest BCUT2D eigenvalue weighted by Crippen LogP contribution is 2.49. The fraction of sp³-hybridized carbons (Fsp3) is 0.567. The van der Waals surface area contributed by atoms with Crippen LogP contribution in [0.15, 0.2) is 59.5 Å². The lowest BCUT2D eigenvalue weighted by molar-refractivity contribution is -0.169. The van der Waals surface area contributed by atoms with Crippen LogP contribution in [0.3, 0.4) is 0 Å². The number of anilines is 1. The molecule has 2 aromatic rings. The Hall–Kier alpha value is -2.74. The van der Waals surface area contributed by atoms with E-state index in [-0.39, 0.29) is 41.6 Å². The molecule has 0 spiro atoms. The van der Waals surface area contributed by atoms with Gasteiger partial charge in [-0.05, 0) is 55.0 Å². The van der Waals surface area contributed by atoms with Crippen LogP contribution < -0.4 is 15.9 Å². The number of aliphatic hydroxyl groups is 1. The number of hydrogen-bond donors (Lipinski definition) is 4. The van der Waals surface area contributed by atoms with E-state index in [9.17, 15) is 18.3 Å². The molecule has 1 aliphatic carbocycles. The largest absolute Gasteiger partial charge is 0.445 e. The molecule has 12 heteroatoms. The summed E-state index contributed by atoms with van der Waals surface area (Å²) in [5, 5.41) is 15.9. The number of sulfonamides is 1. The van der Waals surface area contributed by atoms with Crippen LogP contribution in [0.4, 0.5) is 10.5 Å². The molecule has 42 heavy (non-hydrogen) atoms. The fourth-order valence-corrected chi connectivity index (χ4v) is 7.23. The monoisotopic (exact) mass is 602 g/mol. The smallest absolute Gasteiger partial charge is 0.407 e. The quantitative estimate of drug-likeness (QED) is 0.200. The highest BCUT2D eigenvalue weighted by atomic mass is 32.2. The van der Waals surface area contributed by atoms with Gasteiger partial charge in [0.2, 0.25) is 0 Å². The first-order valence-corrected chi connectivity index (χ1v) is 16.1. The minimum atomic E-state index is -3.93. The van der Waals surface area contributed by atoms with E-state index in [0.29, 0.717) is 44.2 Å². The minimum absolute atomic E-state index is 0.0567. The van der Waals surface area contributed by atoms with Crippen LogP contribution >= 0.6 is 0 Å².